The van der Waals surface area contributed by atoms with Gasteiger partial charge in [-0.2, -0.15) is 0 Å². The number of rotatable bonds is 5. The molecule has 1 atom stereocenters. The molecule has 2 N–H and O–H groups in total. The molecule has 0 bridgehead atoms. The third-order valence-electron chi connectivity index (χ3n) is 3.45. The monoisotopic (exact) mass is 307 g/mol. The Balaban J connectivity index is 2.08. The highest BCUT2D eigenvalue weighted by Gasteiger charge is 2.38. The highest BCUT2D eigenvalue weighted by atomic mass is 35.5. The minimum Gasteiger partial charge on any atom is -0.396 e. The van der Waals surface area contributed by atoms with Crippen LogP contribution in [0.4, 0.5) is 4.39 Å². The van der Waals surface area contributed by atoms with Gasteiger partial charge in [-0.1, -0.05) is 23.2 Å². The molecule has 0 aromatic heterocycles. The standard InChI is InChI=1S/C13H16Cl2FNO2/c1-8(17-4-13(5-18)6-19-7-13)11-9(14)2-3-10(16)12(11)15/h2-3,8,17-18H,4-7H2,1H3. The molecule has 1 saturated heterocycles. The Morgan fingerprint density at radius 3 is 2.68 bits per heavy atom. The zero-order valence-corrected chi connectivity index (χ0v) is 12.1. The summed E-state index contributed by atoms with van der Waals surface area (Å²) in [5, 5.41) is 13.0. The SMILES string of the molecule is CC(NCC1(CO)COC1)c1c(Cl)ccc(F)c1Cl. The van der Waals surface area contributed by atoms with E-state index >= 15 is 0 Å². The van der Waals surface area contributed by atoms with E-state index in [2.05, 4.69) is 5.32 Å². The van der Waals surface area contributed by atoms with Crippen molar-refractivity contribution in [2.45, 2.75) is 13.0 Å². The van der Waals surface area contributed by atoms with Crippen molar-refractivity contribution in [3.05, 3.63) is 33.6 Å². The molecule has 2 rings (SSSR count). The highest BCUT2D eigenvalue weighted by Crippen LogP contribution is 2.33. The Morgan fingerprint density at radius 2 is 2.16 bits per heavy atom. The smallest absolute Gasteiger partial charge is 0.142 e. The van der Waals surface area contributed by atoms with Gasteiger partial charge in [0.15, 0.2) is 0 Å². The highest BCUT2D eigenvalue weighted by molar-refractivity contribution is 6.36. The van der Waals surface area contributed by atoms with E-state index in [-0.39, 0.29) is 23.1 Å². The lowest BCUT2D eigenvalue weighted by molar-refractivity contribution is -0.135. The van der Waals surface area contributed by atoms with Gasteiger partial charge in [0, 0.05) is 23.2 Å². The number of aliphatic hydroxyl groups is 1. The second-order valence-corrected chi connectivity index (χ2v) is 5.80. The quantitative estimate of drug-likeness (QED) is 0.822. The van der Waals surface area contributed by atoms with E-state index in [1.54, 1.807) is 0 Å². The molecule has 1 fully saturated rings. The molecule has 1 aliphatic heterocycles. The second-order valence-electron chi connectivity index (χ2n) is 5.01. The zero-order valence-electron chi connectivity index (χ0n) is 10.5. The summed E-state index contributed by atoms with van der Waals surface area (Å²) in [4.78, 5) is 0. The molecular weight excluding hydrogens is 292 g/mol. The number of ether oxygens (including phenoxy) is 1. The average Bonchev–Trinajstić information content (AvgIpc) is 2.34. The first-order valence-corrected chi connectivity index (χ1v) is 6.80. The molecular formula is C13H16Cl2FNO2. The Bertz CT molecular complexity index is 461. The number of halogens is 3. The van der Waals surface area contributed by atoms with Gasteiger partial charge in [0.1, 0.15) is 5.82 Å². The van der Waals surface area contributed by atoms with Gasteiger partial charge in [-0.05, 0) is 19.1 Å². The molecule has 0 amide bonds. The maximum Gasteiger partial charge on any atom is 0.142 e. The molecule has 19 heavy (non-hydrogen) atoms. The summed E-state index contributed by atoms with van der Waals surface area (Å²) in [6.45, 7) is 3.52. The van der Waals surface area contributed by atoms with Crippen LogP contribution in [0.25, 0.3) is 0 Å². The maximum absolute atomic E-state index is 13.5. The van der Waals surface area contributed by atoms with Crippen LogP contribution in [-0.2, 0) is 4.74 Å². The van der Waals surface area contributed by atoms with Gasteiger partial charge in [0.25, 0.3) is 0 Å². The summed E-state index contributed by atoms with van der Waals surface area (Å²) in [6, 6.07) is 2.53. The molecule has 1 heterocycles. The van der Waals surface area contributed by atoms with Crippen LogP contribution in [0.5, 0.6) is 0 Å². The van der Waals surface area contributed by atoms with E-state index in [0.29, 0.717) is 30.3 Å². The fraction of sp³-hybridized carbons (Fsp3) is 0.538. The van der Waals surface area contributed by atoms with Crippen molar-refractivity contribution in [3.8, 4) is 0 Å². The molecule has 0 radical (unpaired) electrons. The van der Waals surface area contributed by atoms with Crippen LogP contribution in [0, 0.1) is 11.2 Å². The second kappa shape index (κ2) is 5.94. The molecule has 1 aromatic rings. The van der Waals surface area contributed by atoms with Crippen molar-refractivity contribution >= 4 is 23.2 Å². The first-order valence-electron chi connectivity index (χ1n) is 6.04. The number of hydrogen-bond acceptors (Lipinski definition) is 3. The van der Waals surface area contributed by atoms with Crippen LogP contribution in [0.1, 0.15) is 18.5 Å². The largest absolute Gasteiger partial charge is 0.396 e. The van der Waals surface area contributed by atoms with E-state index < -0.39 is 5.82 Å². The van der Waals surface area contributed by atoms with Crippen molar-refractivity contribution in [2.24, 2.45) is 5.41 Å². The Kier molecular flexibility index (Phi) is 4.69. The van der Waals surface area contributed by atoms with Crippen molar-refractivity contribution in [1.29, 1.82) is 0 Å². The van der Waals surface area contributed by atoms with Crippen LogP contribution >= 0.6 is 23.2 Å². The van der Waals surface area contributed by atoms with Gasteiger partial charge in [-0.25, -0.2) is 4.39 Å². The molecule has 0 spiro atoms. The van der Waals surface area contributed by atoms with Gasteiger partial charge in [-0.3, -0.25) is 0 Å². The normalized spacial score (nSPS) is 19.0. The molecule has 1 aromatic carbocycles. The number of aliphatic hydroxyl groups excluding tert-OH is 1. The molecule has 1 aliphatic rings. The first kappa shape index (κ1) is 15.0. The van der Waals surface area contributed by atoms with Crippen molar-refractivity contribution in [3.63, 3.8) is 0 Å². The van der Waals surface area contributed by atoms with E-state index in [9.17, 15) is 9.50 Å². The van der Waals surface area contributed by atoms with Crippen LogP contribution in [-0.4, -0.2) is 31.5 Å². The van der Waals surface area contributed by atoms with Gasteiger partial charge in [-0.15, -0.1) is 0 Å². The number of hydrogen-bond donors (Lipinski definition) is 2. The molecule has 3 nitrogen and oxygen atoms in total. The van der Waals surface area contributed by atoms with Crippen LogP contribution in [0.3, 0.4) is 0 Å². The third-order valence-corrected chi connectivity index (χ3v) is 4.16. The fourth-order valence-corrected chi connectivity index (χ4v) is 2.75. The first-order chi connectivity index (χ1) is 8.99. The van der Waals surface area contributed by atoms with Gasteiger partial charge < -0.3 is 15.2 Å². The predicted octanol–water partition coefficient (Wildman–Crippen LogP) is 2.79. The van der Waals surface area contributed by atoms with Crippen LogP contribution in [0.2, 0.25) is 10.0 Å². The van der Waals surface area contributed by atoms with Crippen LogP contribution < -0.4 is 5.32 Å². The maximum atomic E-state index is 13.5. The van der Waals surface area contributed by atoms with Crippen molar-refractivity contribution in [2.75, 3.05) is 26.4 Å². The minimum atomic E-state index is -0.487. The van der Waals surface area contributed by atoms with Crippen LogP contribution in [0.15, 0.2) is 12.1 Å². The van der Waals surface area contributed by atoms with Gasteiger partial charge in [0.2, 0.25) is 0 Å². The summed E-state index contributed by atoms with van der Waals surface area (Å²) in [5.74, 6) is -0.487. The van der Waals surface area contributed by atoms with E-state index in [1.807, 2.05) is 6.92 Å². The summed E-state index contributed by atoms with van der Waals surface area (Å²) < 4.78 is 18.6. The van der Waals surface area contributed by atoms with E-state index in [1.165, 1.54) is 12.1 Å². The van der Waals surface area contributed by atoms with E-state index in [0.717, 1.165) is 0 Å². The fourth-order valence-electron chi connectivity index (χ4n) is 2.05. The summed E-state index contributed by atoms with van der Waals surface area (Å²) in [6.07, 6.45) is 0. The summed E-state index contributed by atoms with van der Waals surface area (Å²) in [7, 11) is 0. The molecule has 0 saturated carbocycles. The van der Waals surface area contributed by atoms with E-state index in [4.69, 9.17) is 27.9 Å². The number of nitrogens with one attached hydrogen (secondary N) is 1. The lowest BCUT2D eigenvalue weighted by atomic mass is 9.86. The summed E-state index contributed by atoms with van der Waals surface area (Å²) >= 11 is 12.0. The summed E-state index contributed by atoms with van der Waals surface area (Å²) in [5.41, 5.74) is 0.289. The Labute approximate surface area is 121 Å². The Hall–Kier alpha value is -0.390. The topological polar surface area (TPSA) is 41.5 Å². The van der Waals surface area contributed by atoms with Gasteiger partial charge >= 0.3 is 0 Å². The minimum absolute atomic E-state index is 0.0374. The van der Waals surface area contributed by atoms with Crippen molar-refractivity contribution in [1.82, 2.24) is 5.32 Å². The average molecular weight is 308 g/mol. The lowest BCUT2D eigenvalue weighted by Gasteiger charge is -2.40. The molecule has 106 valence electrons. The Morgan fingerprint density at radius 1 is 1.47 bits per heavy atom. The third kappa shape index (κ3) is 3.03. The molecule has 1 unspecified atom stereocenters. The molecule has 6 heteroatoms. The lowest BCUT2D eigenvalue weighted by Crippen LogP contribution is -2.52. The van der Waals surface area contributed by atoms with Crippen molar-refractivity contribution < 1.29 is 14.2 Å². The zero-order chi connectivity index (χ0) is 14.0. The predicted molar refractivity (Wildman–Crippen MR) is 73.2 cm³/mol. The number of benzene rings is 1. The van der Waals surface area contributed by atoms with Gasteiger partial charge in [0.05, 0.1) is 30.3 Å². The molecule has 0 aliphatic carbocycles.